The average molecular weight is 194 g/mol. The lowest BCUT2D eigenvalue weighted by Crippen LogP contribution is -1.91. The van der Waals surface area contributed by atoms with Gasteiger partial charge in [-0.2, -0.15) is 0 Å². The zero-order valence-corrected chi connectivity index (χ0v) is 9.84. The molecule has 0 heterocycles. The molecule has 0 aliphatic carbocycles. The van der Waals surface area contributed by atoms with Crippen LogP contribution in [0.5, 0.6) is 0 Å². The summed E-state index contributed by atoms with van der Waals surface area (Å²) in [5.41, 5.74) is 1.45. The molecule has 1 nitrogen and oxygen atoms in total. The van der Waals surface area contributed by atoms with Gasteiger partial charge >= 0.3 is 0 Å². The molecule has 0 radical (unpaired) electrons. The standard InChI is InChI=1S/C13H22O/c1-5-11(2)9-10-12(3)7-6-8-13(4)14/h6,8-9,12H,5,7,10H2,1-4H3. The number of carbonyl (C=O) groups excluding carboxylic acids is 1. The number of ketones is 1. The SMILES string of the molecule is CCC(C)=CCC(C)CC=CC(C)=O. The number of carbonyl (C=O) groups is 1. The average Bonchev–Trinajstić information content (AvgIpc) is 2.13. The number of hydrogen-bond donors (Lipinski definition) is 0. The van der Waals surface area contributed by atoms with Gasteiger partial charge in [0, 0.05) is 0 Å². The predicted octanol–water partition coefficient (Wildman–Crippen LogP) is 3.90. The molecule has 0 saturated heterocycles. The van der Waals surface area contributed by atoms with Crippen molar-refractivity contribution in [1.82, 2.24) is 0 Å². The molecule has 0 aliphatic rings. The van der Waals surface area contributed by atoms with Gasteiger partial charge in [-0.1, -0.05) is 31.6 Å². The summed E-state index contributed by atoms with van der Waals surface area (Å²) in [6, 6.07) is 0. The summed E-state index contributed by atoms with van der Waals surface area (Å²) in [5.74, 6) is 0.768. The molecule has 80 valence electrons. The lowest BCUT2D eigenvalue weighted by atomic mass is 10.0. The minimum absolute atomic E-state index is 0.137. The molecule has 0 N–H and O–H groups in total. The first-order chi connectivity index (χ1) is 6.56. The van der Waals surface area contributed by atoms with Crippen LogP contribution < -0.4 is 0 Å². The number of hydrogen-bond acceptors (Lipinski definition) is 1. The Labute approximate surface area is 87.9 Å². The molecule has 0 rings (SSSR count). The summed E-state index contributed by atoms with van der Waals surface area (Å²) in [7, 11) is 0. The molecule has 1 unspecified atom stereocenters. The second kappa shape index (κ2) is 7.54. The van der Waals surface area contributed by atoms with Crippen LogP contribution in [0.25, 0.3) is 0 Å². The smallest absolute Gasteiger partial charge is 0.152 e. The fraction of sp³-hybridized carbons (Fsp3) is 0.615. The molecular weight excluding hydrogens is 172 g/mol. The Hall–Kier alpha value is -0.850. The first-order valence-corrected chi connectivity index (χ1v) is 5.39. The van der Waals surface area contributed by atoms with Gasteiger partial charge in [-0.15, -0.1) is 0 Å². The quantitative estimate of drug-likeness (QED) is 0.463. The van der Waals surface area contributed by atoms with E-state index in [-0.39, 0.29) is 5.78 Å². The van der Waals surface area contributed by atoms with Crippen LogP contribution in [-0.4, -0.2) is 5.78 Å². The van der Waals surface area contributed by atoms with Crippen molar-refractivity contribution in [1.29, 1.82) is 0 Å². The number of allylic oxidation sites excluding steroid dienone is 4. The molecule has 14 heavy (non-hydrogen) atoms. The third kappa shape index (κ3) is 7.78. The van der Waals surface area contributed by atoms with Crippen LogP contribution in [0.4, 0.5) is 0 Å². The first kappa shape index (κ1) is 13.2. The summed E-state index contributed by atoms with van der Waals surface area (Å²) in [5, 5.41) is 0. The Morgan fingerprint density at radius 1 is 1.29 bits per heavy atom. The van der Waals surface area contributed by atoms with E-state index >= 15 is 0 Å². The van der Waals surface area contributed by atoms with Crippen LogP contribution in [0.3, 0.4) is 0 Å². The largest absolute Gasteiger partial charge is 0.295 e. The van der Waals surface area contributed by atoms with Gasteiger partial charge < -0.3 is 0 Å². The van der Waals surface area contributed by atoms with Crippen LogP contribution in [0, 0.1) is 5.92 Å². The lowest BCUT2D eigenvalue weighted by Gasteiger charge is -2.05. The van der Waals surface area contributed by atoms with Crippen LogP contribution in [0.15, 0.2) is 23.8 Å². The minimum atomic E-state index is 0.137. The van der Waals surface area contributed by atoms with Crippen molar-refractivity contribution in [3.63, 3.8) is 0 Å². The normalized spacial score (nSPS) is 14.7. The maximum Gasteiger partial charge on any atom is 0.152 e. The molecule has 0 aromatic rings. The van der Waals surface area contributed by atoms with Crippen molar-refractivity contribution in [3.8, 4) is 0 Å². The minimum Gasteiger partial charge on any atom is -0.295 e. The Balaban J connectivity index is 3.76. The fourth-order valence-electron chi connectivity index (χ4n) is 1.11. The van der Waals surface area contributed by atoms with E-state index in [0.717, 1.165) is 19.3 Å². The third-order valence-electron chi connectivity index (χ3n) is 2.32. The van der Waals surface area contributed by atoms with Crippen molar-refractivity contribution in [2.75, 3.05) is 0 Å². The summed E-state index contributed by atoms with van der Waals surface area (Å²) in [6.45, 7) is 8.14. The van der Waals surface area contributed by atoms with Gasteiger partial charge in [-0.3, -0.25) is 4.79 Å². The molecule has 0 fully saturated rings. The van der Waals surface area contributed by atoms with Crippen molar-refractivity contribution < 1.29 is 4.79 Å². The molecule has 0 aromatic carbocycles. The molecule has 0 saturated carbocycles. The second-order valence-corrected chi connectivity index (χ2v) is 3.99. The summed E-state index contributed by atoms with van der Waals surface area (Å²) < 4.78 is 0. The summed E-state index contributed by atoms with van der Waals surface area (Å²) in [4.78, 5) is 10.6. The Bertz CT molecular complexity index is 223. The monoisotopic (exact) mass is 194 g/mol. The third-order valence-corrected chi connectivity index (χ3v) is 2.32. The van der Waals surface area contributed by atoms with Gasteiger partial charge in [0.2, 0.25) is 0 Å². The Kier molecular flexibility index (Phi) is 7.09. The topological polar surface area (TPSA) is 17.1 Å². The van der Waals surface area contributed by atoms with Crippen LogP contribution in [0.2, 0.25) is 0 Å². The van der Waals surface area contributed by atoms with Crippen molar-refractivity contribution in [2.45, 2.75) is 47.0 Å². The zero-order chi connectivity index (χ0) is 11.0. The van der Waals surface area contributed by atoms with E-state index in [2.05, 4.69) is 26.8 Å². The van der Waals surface area contributed by atoms with Crippen LogP contribution in [-0.2, 0) is 4.79 Å². The van der Waals surface area contributed by atoms with Crippen molar-refractivity contribution >= 4 is 5.78 Å². The van der Waals surface area contributed by atoms with E-state index in [0.29, 0.717) is 5.92 Å². The molecule has 0 amide bonds. The van der Waals surface area contributed by atoms with Gasteiger partial charge in [0.15, 0.2) is 5.78 Å². The van der Waals surface area contributed by atoms with Gasteiger partial charge in [0.1, 0.15) is 0 Å². The van der Waals surface area contributed by atoms with Gasteiger partial charge in [-0.05, 0) is 45.1 Å². The molecule has 1 atom stereocenters. The Morgan fingerprint density at radius 2 is 1.93 bits per heavy atom. The van der Waals surface area contributed by atoms with Gasteiger partial charge in [-0.25, -0.2) is 0 Å². The fourth-order valence-corrected chi connectivity index (χ4v) is 1.11. The van der Waals surface area contributed by atoms with Gasteiger partial charge in [0.05, 0.1) is 0 Å². The van der Waals surface area contributed by atoms with E-state index in [1.54, 1.807) is 13.0 Å². The molecular formula is C13H22O. The van der Waals surface area contributed by atoms with E-state index in [1.165, 1.54) is 5.57 Å². The second-order valence-electron chi connectivity index (χ2n) is 3.99. The van der Waals surface area contributed by atoms with Crippen LogP contribution >= 0.6 is 0 Å². The molecule has 0 spiro atoms. The maximum absolute atomic E-state index is 10.6. The van der Waals surface area contributed by atoms with E-state index in [1.807, 2.05) is 6.08 Å². The zero-order valence-electron chi connectivity index (χ0n) is 9.84. The van der Waals surface area contributed by atoms with E-state index < -0.39 is 0 Å². The highest BCUT2D eigenvalue weighted by atomic mass is 16.1. The van der Waals surface area contributed by atoms with Gasteiger partial charge in [0.25, 0.3) is 0 Å². The highest BCUT2D eigenvalue weighted by Gasteiger charge is 1.97. The highest BCUT2D eigenvalue weighted by molar-refractivity contribution is 5.87. The maximum atomic E-state index is 10.6. The number of rotatable bonds is 6. The Morgan fingerprint density at radius 3 is 2.43 bits per heavy atom. The van der Waals surface area contributed by atoms with E-state index in [9.17, 15) is 4.79 Å². The molecule has 0 aliphatic heterocycles. The van der Waals surface area contributed by atoms with Crippen molar-refractivity contribution in [2.24, 2.45) is 5.92 Å². The summed E-state index contributed by atoms with van der Waals surface area (Å²) in [6.07, 6.45) is 9.17. The molecule has 1 heteroatoms. The lowest BCUT2D eigenvalue weighted by molar-refractivity contribution is -0.112. The van der Waals surface area contributed by atoms with Crippen LogP contribution in [0.1, 0.15) is 47.0 Å². The highest BCUT2D eigenvalue weighted by Crippen LogP contribution is 2.11. The van der Waals surface area contributed by atoms with Crippen molar-refractivity contribution in [3.05, 3.63) is 23.8 Å². The molecule has 0 aromatic heterocycles. The molecule has 0 bridgehead atoms. The first-order valence-electron chi connectivity index (χ1n) is 5.39. The predicted molar refractivity (Wildman–Crippen MR) is 62.3 cm³/mol. The summed E-state index contributed by atoms with van der Waals surface area (Å²) >= 11 is 0. The van der Waals surface area contributed by atoms with E-state index in [4.69, 9.17) is 0 Å².